The van der Waals surface area contributed by atoms with E-state index in [-0.39, 0.29) is 11.8 Å². The van der Waals surface area contributed by atoms with Crippen LogP contribution in [0, 0.1) is 11.8 Å². The van der Waals surface area contributed by atoms with E-state index in [4.69, 9.17) is 0 Å². The fourth-order valence-electron chi connectivity index (χ4n) is 2.81. The molecule has 2 atom stereocenters. The number of carbonyl (C=O) groups is 3. The van der Waals surface area contributed by atoms with Gasteiger partial charge in [0.2, 0.25) is 5.91 Å². The molecule has 2 aliphatic rings. The average molecular weight is 328 g/mol. The Kier molecular flexibility index (Phi) is 4.64. The first-order valence-electron chi connectivity index (χ1n) is 8.14. The predicted octanol–water partition coefficient (Wildman–Crippen LogP) is 2.18. The zero-order chi connectivity index (χ0) is 17.1. The van der Waals surface area contributed by atoms with Crippen LogP contribution in [0.3, 0.4) is 0 Å². The fraction of sp³-hybridized carbons (Fsp3) is 0.389. The normalized spacial score (nSPS) is 22.7. The highest BCUT2D eigenvalue weighted by Gasteiger charge is 2.34. The highest BCUT2D eigenvalue weighted by atomic mass is 16.4. The number of aliphatic carboxylic acids is 1. The van der Waals surface area contributed by atoms with Crippen molar-refractivity contribution in [2.75, 3.05) is 5.32 Å². The number of carboxylic acid groups (broad SMARTS) is 1. The highest BCUT2D eigenvalue weighted by Crippen LogP contribution is 2.27. The monoisotopic (exact) mass is 328 g/mol. The van der Waals surface area contributed by atoms with Gasteiger partial charge in [-0.2, -0.15) is 0 Å². The Morgan fingerprint density at radius 1 is 0.958 bits per heavy atom. The van der Waals surface area contributed by atoms with Crippen LogP contribution in [0.25, 0.3) is 0 Å². The molecule has 1 aromatic rings. The first kappa shape index (κ1) is 16.2. The molecule has 0 spiro atoms. The zero-order valence-electron chi connectivity index (χ0n) is 13.2. The van der Waals surface area contributed by atoms with Crippen LogP contribution in [0.5, 0.6) is 0 Å². The lowest BCUT2D eigenvalue weighted by atomic mass is 9.82. The van der Waals surface area contributed by atoms with Gasteiger partial charge < -0.3 is 15.7 Å². The minimum absolute atomic E-state index is 0.112. The van der Waals surface area contributed by atoms with Gasteiger partial charge in [-0.3, -0.25) is 14.4 Å². The Bertz CT molecular complexity index is 677. The van der Waals surface area contributed by atoms with E-state index in [1.165, 1.54) is 0 Å². The molecule has 2 amide bonds. The molecule has 6 nitrogen and oxygen atoms in total. The first-order chi connectivity index (χ1) is 11.5. The van der Waals surface area contributed by atoms with Gasteiger partial charge in [0.15, 0.2) is 0 Å². The summed E-state index contributed by atoms with van der Waals surface area (Å²) >= 11 is 0. The van der Waals surface area contributed by atoms with Gasteiger partial charge in [0.25, 0.3) is 5.91 Å². The highest BCUT2D eigenvalue weighted by molar-refractivity contribution is 5.97. The number of amides is 2. The number of hydrogen-bond acceptors (Lipinski definition) is 3. The average Bonchev–Trinajstić information content (AvgIpc) is 3.39. The smallest absolute Gasteiger partial charge is 0.307 e. The summed E-state index contributed by atoms with van der Waals surface area (Å²) in [5.41, 5.74) is 1.10. The molecule has 0 aliphatic heterocycles. The van der Waals surface area contributed by atoms with Crippen molar-refractivity contribution in [1.82, 2.24) is 5.32 Å². The Hall–Kier alpha value is -2.63. The Balaban J connectivity index is 1.62. The molecular formula is C18H20N2O4. The third-order valence-corrected chi connectivity index (χ3v) is 4.41. The Morgan fingerprint density at radius 3 is 2.17 bits per heavy atom. The van der Waals surface area contributed by atoms with Gasteiger partial charge in [-0.1, -0.05) is 12.2 Å². The SMILES string of the molecule is O=C(NC1CC1)c1ccc(NC(=O)[C@H]2CC=CC[C@H]2C(=O)O)cc1. The molecule has 1 aromatic carbocycles. The van der Waals surface area contributed by atoms with Crippen molar-refractivity contribution in [2.24, 2.45) is 11.8 Å². The van der Waals surface area contributed by atoms with Crippen molar-refractivity contribution in [3.63, 3.8) is 0 Å². The van der Waals surface area contributed by atoms with Crippen molar-refractivity contribution in [1.29, 1.82) is 0 Å². The summed E-state index contributed by atoms with van der Waals surface area (Å²) in [5, 5.41) is 14.9. The predicted molar refractivity (Wildman–Crippen MR) is 88.5 cm³/mol. The van der Waals surface area contributed by atoms with Crippen LogP contribution in [0.2, 0.25) is 0 Å². The molecular weight excluding hydrogens is 308 g/mol. The van der Waals surface area contributed by atoms with E-state index in [2.05, 4.69) is 10.6 Å². The summed E-state index contributed by atoms with van der Waals surface area (Å²) in [7, 11) is 0. The lowest BCUT2D eigenvalue weighted by Crippen LogP contribution is -2.34. The van der Waals surface area contributed by atoms with E-state index in [1.54, 1.807) is 30.3 Å². The molecule has 0 saturated heterocycles. The lowest BCUT2D eigenvalue weighted by molar-refractivity contribution is -0.146. The van der Waals surface area contributed by atoms with Gasteiger partial charge >= 0.3 is 5.97 Å². The van der Waals surface area contributed by atoms with Crippen molar-refractivity contribution in [3.8, 4) is 0 Å². The van der Waals surface area contributed by atoms with Crippen LogP contribution in [0.4, 0.5) is 5.69 Å². The molecule has 24 heavy (non-hydrogen) atoms. The third-order valence-electron chi connectivity index (χ3n) is 4.41. The van der Waals surface area contributed by atoms with Gasteiger partial charge in [-0.25, -0.2) is 0 Å². The molecule has 3 rings (SSSR count). The number of anilines is 1. The summed E-state index contributed by atoms with van der Waals surface area (Å²) in [6.07, 6.45) is 6.49. The van der Waals surface area contributed by atoms with Crippen molar-refractivity contribution < 1.29 is 19.5 Å². The molecule has 0 aromatic heterocycles. The number of carboxylic acids is 1. The van der Waals surface area contributed by atoms with Crippen LogP contribution < -0.4 is 10.6 Å². The number of hydrogen-bond donors (Lipinski definition) is 3. The molecule has 6 heteroatoms. The topological polar surface area (TPSA) is 95.5 Å². The molecule has 0 radical (unpaired) electrons. The van der Waals surface area contributed by atoms with Gasteiger partial charge in [0.1, 0.15) is 0 Å². The maximum Gasteiger partial charge on any atom is 0.307 e. The largest absolute Gasteiger partial charge is 0.481 e. The van der Waals surface area contributed by atoms with E-state index in [0.29, 0.717) is 30.1 Å². The molecule has 0 heterocycles. The number of allylic oxidation sites excluding steroid dienone is 2. The molecule has 1 saturated carbocycles. The Morgan fingerprint density at radius 2 is 1.58 bits per heavy atom. The number of carbonyl (C=O) groups excluding carboxylic acids is 2. The van der Waals surface area contributed by atoms with Gasteiger partial charge in [-0.05, 0) is 49.9 Å². The standard InChI is InChI=1S/C18H20N2O4/c21-16(19-13-9-10-13)11-5-7-12(8-6-11)20-17(22)14-3-1-2-4-15(14)18(23)24/h1-2,5-8,13-15H,3-4,9-10H2,(H,19,21)(H,20,22)(H,23,24)/t14-,15+/m0/s1. The number of rotatable bonds is 5. The zero-order valence-corrected chi connectivity index (χ0v) is 13.2. The first-order valence-corrected chi connectivity index (χ1v) is 8.14. The second-order valence-corrected chi connectivity index (χ2v) is 6.31. The van der Waals surface area contributed by atoms with E-state index < -0.39 is 17.8 Å². The maximum atomic E-state index is 12.4. The molecule has 0 bridgehead atoms. The maximum absolute atomic E-state index is 12.4. The van der Waals surface area contributed by atoms with Gasteiger partial charge in [-0.15, -0.1) is 0 Å². The second kappa shape index (κ2) is 6.86. The van der Waals surface area contributed by atoms with Crippen molar-refractivity contribution >= 4 is 23.5 Å². The number of nitrogens with one attached hydrogen (secondary N) is 2. The van der Waals surface area contributed by atoms with Crippen LogP contribution >= 0.6 is 0 Å². The van der Waals surface area contributed by atoms with Crippen LogP contribution in [0.15, 0.2) is 36.4 Å². The quantitative estimate of drug-likeness (QED) is 0.722. The van der Waals surface area contributed by atoms with Crippen LogP contribution in [-0.4, -0.2) is 28.9 Å². The molecule has 0 unspecified atom stereocenters. The summed E-state index contributed by atoms with van der Waals surface area (Å²) in [4.78, 5) is 35.6. The fourth-order valence-corrected chi connectivity index (χ4v) is 2.81. The van der Waals surface area contributed by atoms with E-state index in [9.17, 15) is 19.5 Å². The summed E-state index contributed by atoms with van der Waals surface area (Å²) in [6.45, 7) is 0. The summed E-state index contributed by atoms with van der Waals surface area (Å²) in [6, 6.07) is 6.93. The van der Waals surface area contributed by atoms with E-state index in [0.717, 1.165) is 12.8 Å². The van der Waals surface area contributed by atoms with E-state index >= 15 is 0 Å². The lowest BCUT2D eigenvalue weighted by Gasteiger charge is -2.24. The molecule has 126 valence electrons. The minimum Gasteiger partial charge on any atom is -0.481 e. The van der Waals surface area contributed by atoms with Crippen molar-refractivity contribution in [2.45, 2.75) is 31.7 Å². The van der Waals surface area contributed by atoms with Crippen LogP contribution in [0.1, 0.15) is 36.0 Å². The summed E-state index contributed by atoms with van der Waals surface area (Å²) < 4.78 is 0. The van der Waals surface area contributed by atoms with Crippen molar-refractivity contribution in [3.05, 3.63) is 42.0 Å². The second-order valence-electron chi connectivity index (χ2n) is 6.31. The van der Waals surface area contributed by atoms with Crippen LogP contribution in [-0.2, 0) is 9.59 Å². The van der Waals surface area contributed by atoms with Gasteiger partial charge in [0.05, 0.1) is 11.8 Å². The summed E-state index contributed by atoms with van der Waals surface area (Å²) in [5.74, 6) is -2.64. The van der Waals surface area contributed by atoms with Gasteiger partial charge in [0, 0.05) is 17.3 Å². The molecule has 2 aliphatic carbocycles. The third kappa shape index (κ3) is 3.82. The molecule has 3 N–H and O–H groups in total. The Labute approximate surface area is 139 Å². The number of benzene rings is 1. The minimum atomic E-state index is -0.952. The molecule has 1 fully saturated rings. The van der Waals surface area contributed by atoms with E-state index in [1.807, 2.05) is 6.08 Å².